The molecule has 0 bridgehead atoms. The first kappa shape index (κ1) is 20.2. The lowest BCUT2D eigenvalue weighted by Crippen LogP contribution is -2.19. The highest BCUT2D eigenvalue weighted by Crippen LogP contribution is 2.40. The third kappa shape index (κ3) is 5.99. The van der Waals surface area contributed by atoms with Crippen molar-refractivity contribution in [3.8, 4) is 0 Å². The molecule has 0 spiro atoms. The number of halogens is 3. The minimum atomic E-state index is -4.52. The van der Waals surface area contributed by atoms with Gasteiger partial charge in [-0.25, -0.2) is 0 Å². The fourth-order valence-corrected chi connectivity index (χ4v) is 2.90. The Morgan fingerprint density at radius 3 is 2.38 bits per heavy atom. The maximum Gasteiger partial charge on any atom is 0.416 e. The summed E-state index contributed by atoms with van der Waals surface area (Å²) in [5.74, 6) is 0. The number of rotatable bonds is 5. The van der Waals surface area contributed by atoms with Crippen LogP contribution >= 0.6 is 0 Å². The number of aldehydes is 1. The van der Waals surface area contributed by atoms with Crippen LogP contribution in [0.1, 0.15) is 47.0 Å². The van der Waals surface area contributed by atoms with Crippen LogP contribution in [0, 0.1) is 5.41 Å². The summed E-state index contributed by atoms with van der Waals surface area (Å²) in [6.07, 6.45) is 7.38. The zero-order valence-electron chi connectivity index (χ0n) is 14.7. The Bertz CT molecular complexity index is 611. The van der Waals surface area contributed by atoms with Gasteiger partial charge in [-0.2, -0.15) is 13.2 Å². The number of alkyl halides is 3. The molecule has 0 atom stereocenters. The van der Waals surface area contributed by atoms with Gasteiger partial charge in [0, 0.05) is 0 Å². The fraction of sp³-hybridized carbons (Fsp3) is 0.450. The molecule has 0 saturated heterocycles. The highest BCUT2D eigenvalue weighted by molar-refractivity contribution is 5.67. The molecule has 0 aromatic carbocycles. The van der Waals surface area contributed by atoms with Crippen LogP contribution in [0.2, 0.25) is 0 Å². The summed E-state index contributed by atoms with van der Waals surface area (Å²) in [4.78, 5) is 10.3. The first-order valence-electron chi connectivity index (χ1n) is 8.04. The van der Waals surface area contributed by atoms with Gasteiger partial charge in [0.05, 0.1) is 5.57 Å². The number of allylic oxidation sites excluding steroid dienone is 10. The Morgan fingerprint density at radius 2 is 1.83 bits per heavy atom. The maximum atomic E-state index is 12.6. The third-order valence-electron chi connectivity index (χ3n) is 4.27. The third-order valence-corrected chi connectivity index (χ3v) is 4.27. The average Bonchev–Trinajstić information content (AvgIpc) is 2.44. The molecule has 24 heavy (non-hydrogen) atoms. The lowest BCUT2D eigenvalue weighted by Gasteiger charge is -2.32. The summed E-state index contributed by atoms with van der Waals surface area (Å²) in [6, 6.07) is 0. The zero-order valence-corrected chi connectivity index (χ0v) is 14.7. The van der Waals surface area contributed by atoms with Crippen molar-refractivity contribution in [2.45, 2.75) is 53.1 Å². The molecule has 0 aromatic rings. The predicted octanol–water partition coefficient (Wildman–Crippen LogP) is 6.26. The van der Waals surface area contributed by atoms with E-state index in [0.717, 1.165) is 24.5 Å². The van der Waals surface area contributed by atoms with E-state index >= 15 is 0 Å². The minimum Gasteiger partial charge on any atom is -0.299 e. The topological polar surface area (TPSA) is 17.1 Å². The molecule has 1 nitrogen and oxygen atoms in total. The average molecular weight is 338 g/mol. The molecule has 0 aliphatic heterocycles. The smallest absolute Gasteiger partial charge is 0.299 e. The molecule has 1 rings (SSSR count). The van der Waals surface area contributed by atoms with Crippen LogP contribution in [0.5, 0.6) is 0 Å². The summed E-state index contributed by atoms with van der Waals surface area (Å²) in [6.45, 7) is 8.41. The molecule has 0 unspecified atom stereocenters. The molecule has 0 fully saturated rings. The van der Waals surface area contributed by atoms with E-state index in [-0.39, 0.29) is 11.7 Å². The monoisotopic (exact) mass is 338 g/mol. The molecule has 0 N–H and O–H groups in total. The zero-order chi connectivity index (χ0) is 18.4. The second-order valence-corrected chi connectivity index (χ2v) is 6.79. The van der Waals surface area contributed by atoms with Gasteiger partial charge in [-0.1, -0.05) is 49.3 Å². The fourth-order valence-electron chi connectivity index (χ4n) is 2.90. The summed E-state index contributed by atoms with van der Waals surface area (Å²) in [7, 11) is 0. The van der Waals surface area contributed by atoms with Gasteiger partial charge in [0.2, 0.25) is 0 Å². The van der Waals surface area contributed by atoms with Crippen molar-refractivity contribution in [1.82, 2.24) is 0 Å². The Labute approximate surface area is 142 Å². The summed E-state index contributed by atoms with van der Waals surface area (Å²) in [5.41, 5.74) is 2.70. The quantitative estimate of drug-likeness (QED) is 0.328. The number of hydrogen-bond donors (Lipinski definition) is 0. The minimum absolute atomic E-state index is 0.130. The molecule has 132 valence electrons. The lowest BCUT2D eigenvalue weighted by atomic mass is 9.72. The van der Waals surface area contributed by atoms with Gasteiger partial charge < -0.3 is 0 Å². The van der Waals surface area contributed by atoms with Gasteiger partial charge in [-0.3, -0.25) is 4.79 Å². The van der Waals surface area contributed by atoms with Crippen LogP contribution in [-0.2, 0) is 4.79 Å². The first-order valence-corrected chi connectivity index (χ1v) is 8.04. The first-order chi connectivity index (χ1) is 11.1. The van der Waals surface area contributed by atoms with Crippen molar-refractivity contribution in [3.63, 3.8) is 0 Å². The molecule has 0 amide bonds. The number of hydrogen-bond acceptors (Lipinski definition) is 1. The van der Waals surface area contributed by atoms with Crippen LogP contribution in [0.15, 0.2) is 58.7 Å². The Hall–Kier alpha value is -1.84. The van der Waals surface area contributed by atoms with E-state index in [9.17, 15) is 18.0 Å². The van der Waals surface area contributed by atoms with E-state index in [2.05, 4.69) is 26.8 Å². The van der Waals surface area contributed by atoms with Crippen LogP contribution in [0.4, 0.5) is 13.2 Å². The largest absolute Gasteiger partial charge is 0.416 e. The second kappa shape index (κ2) is 8.32. The molecule has 0 radical (unpaired) electrons. The molecule has 1 aliphatic carbocycles. The van der Waals surface area contributed by atoms with Crippen molar-refractivity contribution in [2.24, 2.45) is 5.41 Å². The standard InChI is InChI=1S/C20H25F3O/c1-15(7-5-9-17(12-14-24)20(21,22)23)10-11-18-16(2)8-6-13-19(18,3)4/h5,7,9-12,14H,6,8,13H2,1-4H3/b9-5+,11-10+,15-7+,17-12+. The highest BCUT2D eigenvalue weighted by Gasteiger charge is 2.31. The van der Waals surface area contributed by atoms with Crippen molar-refractivity contribution < 1.29 is 18.0 Å². The molecular weight excluding hydrogens is 313 g/mol. The Balaban J connectivity index is 2.89. The molecular formula is C20H25F3O. The van der Waals surface area contributed by atoms with Gasteiger partial charge >= 0.3 is 6.18 Å². The van der Waals surface area contributed by atoms with Crippen molar-refractivity contribution in [1.29, 1.82) is 0 Å². The summed E-state index contributed by atoms with van der Waals surface area (Å²) < 4.78 is 37.9. The van der Waals surface area contributed by atoms with E-state index in [1.165, 1.54) is 23.6 Å². The Morgan fingerprint density at radius 1 is 1.17 bits per heavy atom. The van der Waals surface area contributed by atoms with Gasteiger partial charge in [-0.15, -0.1) is 0 Å². The molecule has 4 heteroatoms. The van der Waals surface area contributed by atoms with Gasteiger partial charge in [0.1, 0.15) is 6.29 Å². The highest BCUT2D eigenvalue weighted by atomic mass is 19.4. The van der Waals surface area contributed by atoms with Crippen LogP contribution in [-0.4, -0.2) is 12.5 Å². The van der Waals surface area contributed by atoms with Crippen LogP contribution in [0.25, 0.3) is 0 Å². The van der Waals surface area contributed by atoms with Crippen molar-refractivity contribution >= 4 is 6.29 Å². The van der Waals surface area contributed by atoms with Crippen LogP contribution < -0.4 is 0 Å². The van der Waals surface area contributed by atoms with E-state index in [1.54, 1.807) is 6.08 Å². The summed E-state index contributed by atoms with van der Waals surface area (Å²) >= 11 is 0. The van der Waals surface area contributed by atoms with E-state index in [0.29, 0.717) is 6.08 Å². The second-order valence-electron chi connectivity index (χ2n) is 6.79. The van der Waals surface area contributed by atoms with E-state index in [4.69, 9.17) is 0 Å². The summed E-state index contributed by atoms with van der Waals surface area (Å²) in [5, 5.41) is 0. The lowest BCUT2D eigenvalue weighted by molar-refractivity contribution is -0.106. The van der Waals surface area contributed by atoms with Gasteiger partial charge in [0.25, 0.3) is 0 Å². The van der Waals surface area contributed by atoms with Crippen molar-refractivity contribution in [3.05, 3.63) is 58.7 Å². The number of carbonyl (C=O) groups excluding carboxylic acids is 1. The van der Waals surface area contributed by atoms with Gasteiger partial charge in [0.15, 0.2) is 0 Å². The molecule has 0 heterocycles. The molecule has 0 saturated carbocycles. The van der Waals surface area contributed by atoms with Crippen LogP contribution in [0.3, 0.4) is 0 Å². The normalized spacial score (nSPS) is 20.3. The van der Waals surface area contributed by atoms with Gasteiger partial charge in [-0.05, 0) is 56.3 Å². The Kier molecular flexibility index (Phi) is 7.00. The van der Waals surface area contributed by atoms with Crippen molar-refractivity contribution in [2.75, 3.05) is 0 Å². The SMILES string of the molecule is CC1=C(/C=C/C(C)=C/C=C/C(=C\C=O)C(F)(F)F)C(C)(C)CCC1. The maximum absolute atomic E-state index is 12.6. The molecule has 1 aliphatic rings. The molecule has 0 aromatic heterocycles. The number of carbonyl (C=O) groups is 1. The predicted molar refractivity (Wildman–Crippen MR) is 92.6 cm³/mol. The van der Waals surface area contributed by atoms with E-state index < -0.39 is 11.7 Å². The van der Waals surface area contributed by atoms with E-state index in [1.807, 2.05) is 13.0 Å².